The molecule has 0 saturated carbocycles. The number of Topliss-reactive ketones (excluding diaryl/α,β-unsaturated/α-hetero) is 1. The van der Waals surface area contributed by atoms with Crippen LogP contribution in [0.15, 0.2) is 27.4 Å². The molecule has 106 valence electrons. The lowest BCUT2D eigenvalue weighted by molar-refractivity contribution is -0.118. The molecule has 2 aromatic rings. The minimum atomic E-state index is -0.354. The van der Waals surface area contributed by atoms with Crippen molar-refractivity contribution in [2.24, 2.45) is 0 Å². The minimum absolute atomic E-state index is 0.0191. The minimum Gasteiger partial charge on any atom is -0.485 e. The van der Waals surface area contributed by atoms with Crippen LogP contribution in [0.5, 0.6) is 5.75 Å². The fourth-order valence-corrected chi connectivity index (χ4v) is 2.22. The molecule has 0 aliphatic heterocycles. The lowest BCUT2D eigenvalue weighted by Gasteiger charge is -2.11. The van der Waals surface area contributed by atoms with Crippen molar-refractivity contribution in [1.29, 1.82) is 0 Å². The van der Waals surface area contributed by atoms with Gasteiger partial charge in [-0.15, -0.1) is 0 Å². The zero-order valence-electron chi connectivity index (χ0n) is 12.0. The van der Waals surface area contributed by atoms with Crippen LogP contribution in [0, 0.1) is 6.92 Å². The monoisotopic (exact) mass is 274 g/mol. The molecule has 0 aliphatic carbocycles. The van der Waals surface area contributed by atoms with E-state index in [1.54, 1.807) is 6.07 Å². The average molecular weight is 274 g/mol. The topological polar surface area (TPSA) is 56.5 Å². The number of ketones is 1. The van der Waals surface area contributed by atoms with Crippen molar-refractivity contribution in [2.45, 2.75) is 33.6 Å². The van der Waals surface area contributed by atoms with E-state index in [2.05, 4.69) is 6.92 Å². The summed E-state index contributed by atoms with van der Waals surface area (Å²) in [6.45, 7) is 5.38. The Balaban J connectivity index is 2.55. The summed E-state index contributed by atoms with van der Waals surface area (Å²) in [6.07, 6.45) is 1.79. The van der Waals surface area contributed by atoms with Gasteiger partial charge >= 0.3 is 5.63 Å². The summed E-state index contributed by atoms with van der Waals surface area (Å²) < 4.78 is 10.7. The molecule has 0 amide bonds. The Hall–Kier alpha value is -2.10. The molecule has 0 unspecified atom stereocenters. The highest BCUT2D eigenvalue weighted by Gasteiger charge is 2.11. The predicted molar refractivity (Wildman–Crippen MR) is 77.4 cm³/mol. The maximum absolute atomic E-state index is 11.6. The van der Waals surface area contributed by atoms with Crippen molar-refractivity contribution < 1.29 is 13.9 Å². The van der Waals surface area contributed by atoms with E-state index in [0.717, 1.165) is 29.4 Å². The molecule has 1 heterocycles. The average Bonchev–Trinajstić information content (AvgIpc) is 2.39. The molecule has 0 N–H and O–H groups in total. The van der Waals surface area contributed by atoms with Gasteiger partial charge in [-0.2, -0.15) is 0 Å². The highest BCUT2D eigenvalue weighted by Crippen LogP contribution is 2.28. The first-order valence-electron chi connectivity index (χ1n) is 6.71. The van der Waals surface area contributed by atoms with Gasteiger partial charge < -0.3 is 9.15 Å². The molecule has 0 radical (unpaired) electrons. The number of ether oxygens (including phenoxy) is 1. The molecule has 0 fully saturated rings. The zero-order chi connectivity index (χ0) is 14.7. The first-order chi connectivity index (χ1) is 9.52. The maximum atomic E-state index is 11.6. The van der Waals surface area contributed by atoms with Crippen LogP contribution in [-0.4, -0.2) is 12.4 Å². The largest absolute Gasteiger partial charge is 0.485 e. The van der Waals surface area contributed by atoms with E-state index in [0.29, 0.717) is 11.3 Å². The van der Waals surface area contributed by atoms with Crippen molar-refractivity contribution in [2.75, 3.05) is 6.61 Å². The third-order valence-electron chi connectivity index (χ3n) is 3.15. The second-order valence-electron chi connectivity index (χ2n) is 4.90. The van der Waals surface area contributed by atoms with E-state index in [9.17, 15) is 9.59 Å². The van der Waals surface area contributed by atoms with Crippen LogP contribution < -0.4 is 10.4 Å². The van der Waals surface area contributed by atoms with E-state index >= 15 is 0 Å². The maximum Gasteiger partial charge on any atom is 0.336 e. The molecule has 0 bridgehead atoms. The molecule has 1 aromatic carbocycles. The lowest BCUT2D eigenvalue weighted by atomic mass is 10.0. The molecule has 4 nitrogen and oxygen atoms in total. The van der Waals surface area contributed by atoms with Crippen LogP contribution in [0.4, 0.5) is 0 Å². The molecular formula is C16H18O4. The molecule has 4 heteroatoms. The molecule has 20 heavy (non-hydrogen) atoms. The van der Waals surface area contributed by atoms with Crippen molar-refractivity contribution in [1.82, 2.24) is 0 Å². The number of fused-ring (bicyclic) bond motifs is 1. The van der Waals surface area contributed by atoms with E-state index in [1.165, 1.54) is 6.92 Å². The Kier molecular flexibility index (Phi) is 4.23. The van der Waals surface area contributed by atoms with Crippen molar-refractivity contribution >= 4 is 16.8 Å². The number of carbonyl (C=O) groups excluding carboxylic acids is 1. The van der Waals surface area contributed by atoms with Gasteiger partial charge in [-0.05, 0) is 38.0 Å². The van der Waals surface area contributed by atoms with Crippen LogP contribution in [0.1, 0.15) is 31.4 Å². The van der Waals surface area contributed by atoms with Crippen LogP contribution in [0.2, 0.25) is 0 Å². The van der Waals surface area contributed by atoms with Gasteiger partial charge in [0, 0.05) is 17.0 Å². The number of hydrogen-bond donors (Lipinski definition) is 0. The summed E-state index contributed by atoms with van der Waals surface area (Å²) in [5.41, 5.74) is 1.92. The van der Waals surface area contributed by atoms with Gasteiger partial charge in [0.15, 0.2) is 5.78 Å². The van der Waals surface area contributed by atoms with Crippen LogP contribution in [-0.2, 0) is 11.2 Å². The van der Waals surface area contributed by atoms with Gasteiger partial charge in [-0.3, -0.25) is 4.79 Å². The summed E-state index contributed by atoms with van der Waals surface area (Å²) in [4.78, 5) is 22.6. The highest BCUT2D eigenvalue weighted by molar-refractivity contribution is 5.85. The van der Waals surface area contributed by atoms with Gasteiger partial charge in [-0.1, -0.05) is 13.3 Å². The highest BCUT2D eigenvalue weighted by atomic mass is 16.5. The number of aryl methyl sites for hydroxylation is 2. The summed E-state index contributed by atoms with van der Waals surface area (Å²) in [5, 5.41) is 0.930. The summed E-state index contributed by atoms with van der Waals surface area (Å²) in [6, 6.07) is 5.24. The molecule has 0 spiro atoms. The van der Waals surface area contributed by atoms with Crippen LogP contribution >= 0.6 is 0 Å². The third-order valence-corrected chi connectivity index (χ3v) is 3.15. The van der Waals surface area contributed by atoms with E-state index in [4.69, 9.17) is 9.15 Å². The number of hydrogen-bond acceptors (Lipinski definition) is 4. The smallest absolute Gasteiger partial charge is 0.336 e. The van der Waals surface area contributed by atoms with Crippen molar-refractivity contribution in [3.8, 4) is 5.75 Å². The molecule has 1 aromatic heterocycles. The lowest BCUT2D eigenvalue weighted by Crippen LogP contribution is -2.08. The van der Waals surface area contributed by atoms with Crippen LogP contribution in [0.3, 0.4) is 0 Å². The Morgan fingerprint density at radius 2 is 2.10 bits per heavy atom. The molecule has 2 rings (SSSR count). The van der Waals surface area contributed by atoms with Gasteiger partial charge in [0.05, 0.1) is 0 Å². The SMILES string of the molecule is CCCc1cc(=O)oc2c(C)c(OCC(C)=O)ccc12. The predicted octanol–water partition coefficient (Wildman–Crippen LogP) is 3.02. The van der Waals surface area contributed by atoms with Gasteiger partial charge in [0.2, 0.25) is 0 Å². The zero-order valence-corrected chi connectivity index (χ0v) is 12.0. The van der Waals surface area contributed by atoms with Gasteiger partial charge in [0.1, 0.15) is 17.9 Å². The summed E-state index contributed by atoms with van der Waals surface area (Å²) >= 11 is 0. The molecule has 0 saturated heterocycles. The number of rotatable bonds is 5. The second-order valence-corrected chi connectivity index (χ2v) is 4.90. The Labute approximate surface area is 117 Å². The summed E-state index contributed by atoms with van der Waals surface area (Å²) in [5.74, 6) is 0.523. The first kappa shape index (κ1) is 14.3. The van der Waals surface area contributed by atoms with Gasteiger partial charge in [0.25, 0.3) is 0 Å². The molecular weight excluding hydrogens is 256 g/mol. The van der Waals surface area contributed by atoms with Crippen molar-refractivity contribution in [3.05, 3.63) is 39.7 Å². The second kappa shape index (κ2) is 5.90. The normalized spacial score (nSPS) is 10.8. The van der Waals surface area contributed by atoms with E-state index in [-0.39, 0.29) is 18.0 Å². The van der Waals surface area contributed by atoms with Gasteiger partial charge in [-0.25, -0.2) is 4.79 Å². The Bertz CT molecular complexity index is 697. The first-order valence-corrected chi connectivity index (χ1v) is 6.71. The summed E-state index contributed by atoms with van der Waals surface area (Å²) in [7, 11) is 0. The number of carbonyl (C=O) groups is 1. The van der Waals surface area contributed by atoms with Crippen LogP contribution in [0.25, 0.3) is 11.0 Å². The van der Waals surface area contributed by atoms with E-state index < -0.39 is 0 Å². The van der Waals surface area contributed by atoms with E-state index in [1.807, 2.05) is 19.1 Å². The number of benzene rings is 1. The fraction of sp³-hybridized carbons (Fsp3) is 0.375. The van der Waals surface area contributed by atoms with Crippen molar-refractivity contribution in [3.63, 3.8) is 0 Å². The Morgan fingerprint density at radius 3 is 2.75 bits per heavy atom. The fourth-order valence-electron chi connectivity index (χ4n) is 2.22. The Morgan fingerprint density at radius 1 is 1.35 bits per heavy atom. The third kappa shape index (κ3) is 2.90. The quantitative estimate of drug-likeness (QED) is 0.786. The molecule has 0 aliphatic rings. The standard InChI is InChI=1S/C16H18O4/c1-4-5-12-8-15(18)20-16-11(3)14(7-6-13(12)16)19-9-10(2)17/h6-8H,4-5,9H2,1-3H3. The molecule has 0 atom stereocenters.